The van der Waals surface area contributed by atoms with E-state index in [1.807, 2.05) is 0 Å². The fourth-order valence-corrected chi connectivity index (χ4v) is 1.99. The Morgan fingerprint density at radius 1 is 1.24 bits per heavy atom. The molecule has 0 fully saturated rings. The standard InChI is InChI=1S/C11H11NO5/c13-8-2-1-6-4-9(10(14)15)12(11(16)17)5-7(6)3-8/h1-3,9,13H,4-5H2,(H,14,15)(H,16,17)/t9-/m0/s1. The molecule has 1 aromatic rings. The molecule has 2 rings (SSSR count). The summed E-state index contributed by atoms with van der Waals surface area (Å²) in [6.45, 7) is -0.0178. The Kier molecular flexibility index (Phi) is 2.63. The number of fused-ring (bicyclic) bond motifs is 1. The predicted molar refractivity (Wildman–Crippen MR) is 56.8 cm³/mol. The van der Waals surface area contributed by atoms with Gasteiger partial charge in [-0.25, -0.2) is 9.59 Å². The lowest BCUT2D eigenvalue weighted by Crippen LogP contribution is -2.48. The summed E-state index contributed by atoms with van der Waals surface area (Å²) in [4.78, 5) is 22.8. The Morgan fingerprint density at radius 3 is 2.53 bits per heavy atom. The minimum absolute atomic E-state index is 0.0178. The quantitative estimate of drug-likeness (QED) is 0.673. The third kappa shape index (κ3) is 2.01. The molecule has 3 N–H and O–H groups in total. The number of carboxylic acid groups (broad SMARTS) is 2. The number of carbonyl (C=O) groups is 2. The van der Waals surface area contributed by atoms with Crippen LogP contribution in [0, 0.1) is 0 Å². The number of rotatable bonds is 1. The van der Waals surface area contributed by atoms with E-state index >= 15 is 0 Å². The Balaban J connectivity index is 2.39. The zero-order chi connectivity index (χ0) is 12.6. The molecule has 17 heavy (non-hydrogen) atoms. The molecule has 0 spiro atoms. The van der Waals surface area contributed by atoms with Gasteiger partial charge in [0.05, 0.1) is 6.54 Å². The van der Waals surface area contributed by atoms with Gasteiger partial charge in [0.2, 0.25) is 0 Å². The van der Waals surface area contributed by atoms with Crippen molar-refractivity contribution in [2.45, 2.75) is 19.0 Å². The molecule has 0 saturated carbocycles. The monoisotopic (exact) mass is 237 g/mol. The highest BCUT2D eigenvalue weighted by Crippen LogP contribution is 2.26. The molecule has 6 heteroatoms. The van der Waals surface area contributed by atoms with Gasteiger partial charge in [-0.2, -0.15) is 0 Å². The highest BCUT2D eigenvalue weighted by atomic mass is 16.4. The molecule has 6 nitrogen and oxygen atoms in total. The van der Waals surface area contributed by atoms with Crippen molar-refractivity contribution in [3.05, 3.63) is 29.3 Å². The summed E-state index contributed by atoms with van der Waals surface area (Å²) < 4.78 is 0. The number of nitrogens with zero attached hydrogens (tertiary/aromatic N) is 1. The maximum atomic E-state index is 11.0. The van der Waals surface area contributed by atoms with Crippen molar-refractivity contribution >= 4 is 12.1 Å². The molecule has 90 valence electrons. The molecule has 0 saturated heterocycles. The highest BCUT2D eigenvalue weighted by Gasteiger charge is 2.34. The van der Waals surface area contributed by atoms with E-state index in [9.17, 15) is 14.7 Å². The second kappa shape index (κ2) is 3.97. The topological polar surface area (TPSA) is 98.1 Å². The van der Waals surface area contributed by atoms with Gasteiger partial charge in [0.25, 0.3) is 0 Å². The fourth-order valence-electron chi connectivity index (χ4n) is 1.99. The van der Waals surface area contributed by atoms with Crippen molar-refractivity contribution in [2.24, 2.45) is 0 Å². The summed E-state index contributed by atoms with van der Waals surface area (Å²) in [5.41, 5.74) is 1.40. The van der Waals surface area contributed by atoms with E-state index in [4.69, 9.17) is 10.2 Å². The summed E-state index contributed by atoms with van der Waals surface area (Å²) in [7, 11) is 0. The van der Waals surface area contributed by atoms with Gasteiger partial charge in [0, 0.05) is 6.42 Å². The maximum Gasteiger partial charge on any atom is 0.408 e. The average Bonchev–Trinajstić information content (AvgIpc) is 2.26. The number of benzene rings is 1. The van der Waals surface area contributed by atoms with E-state index in [-0.39, 0.29) is 18.7 Å². The number of hydrogen-bond acceptors (Lipinski definition) is 3. The summed E-state index contributed by atoms with van der Waals surface area (Å²) >= 11 is 0. The SMILES string of the molecule is O=C(O)[C@@H]1Cc2ccc(O)cc2CN1C(=O)O. The van der Waals surface area contributed by atoms with Crippen molar-refractivity contribution in [3.8, 4) is 5.75 Å². The molecule has 1 aliphatic rings. The van der Waals surface area contributed by atoms with Gasteiger partial charge >= 0.3 is 12.1 Å². The first-order chi connectivity index (χ1) is 7.99. The van der Waals surface area contributed by atoms with E-state index in [0.717, 1.165) is 10.5 Å². The van der Waals surface area contributed by atoms with E-state index in [2.05, 4.69) is 0 Å². The normalized spacial score (nSPS) is 18.6. The number of aliphatic carboxylic acids is 1. The molecular weight excluding hydrogens is 226 g/mol. The van der Waals surface area contributed by atoms with Gasteiger partial charge < -0.3 is 15.3 Å². The van der Waals surface area contributed by atoms with Crippen LogP contribution < -0.4 is 0 Å². The van der Waals surface area contributed by atoms with Crippen LogP contribution in [0.5, 0.6) is 5.75 Å². The van der Waals surface area contributed by atoms with E-state index in [0.29, 0.717) is 5.56 Å². The Morgan fingerprint density at radius 2 is 1.94 bits per heavy atom. The van der Waals surface area contributed by atoms with Crippen LogP contribution in [0.2, 0.25) is 0 Å². The average molecular weight is 237 g/mol. The number of carboxylic acids is 1. The summed E-state index contributed by atoms with van der Waals surface area (Å²) in [5.74, 6) is -1.12. The molecule has 1 amide bonds. The molecule has 1 aromatic carbocycles. The zero-order valence-corrected chi connectivity index (χ0v) is 8.83. The van der Waals surface area contributed by atoms with Crippen molar-refractivity contribution in [1.82, 2.24) is 4.90 Å². The third-order valence-corrected chi connectivity index (χ3v) is 2.85. The molecule has 1 heterocycles. The lowest BCUT2D eigenvalue weighted by molar-refractivity contribution is -0.143. The smallest absolute Gasteiger partial charge is 0.408 e. The third-order valence-electron chi connectivity index (χ3n) is 2.85. The van der Waals surface area contributed by atoms with Gasteiger partial charge in [-0.3, -0.25) is 4.90 Å². The van der Waals surface area contributed by atoms with Gasteiger partial charge in [0.15, 0.2) is 0 Å². The van der Waals surface area contributed by atoms with Crippen molar-refractivity contribution < 1.29 is 24.9 Å². The Hall–Kier alpha value is -2.24. The number of hydrogen-bond donors (Lipinski definition) is 3. The zero-order valence-electron chi connectivity index (χ0n) is 8.83. The van der Waals surface area contributed by atoms with Crippen molar-refractivity contribution in [2.75, 3.05) is 0 Å². The molecule has 0 unspecified atom stereocenters. The number of phenols is 1. The highest BCUT2D eigenvalue weighted by molar-refractivity contribution is 5.80. The van der Waals surface area contributed by atoms with Crippen LogP contribution >= 0.6 is 0 Å². The van der Waals surface area contributed by atoms with E-state index < -0.39 is 18.1 Å². The lowest BCUT2D eigenvalue weighted by Gasteiger charge is -2.32. The number of phenolic OH excluding ortho intramolecular Hbond substituents is 1. The second-order valence-corrected chi connectivity index (χ2v) is 3.92. The molecule has 0 aromatic heterocycles. The van der Waals surface area contributed by atoms with Crippen molar-refractivity contribution in [3.63, 3.8) is 0 Å². The molecule has 0 radical (unpaired) electrons. The largest absolute Gasteiger partial charge is 0.508 e. The second-order valence-electron chi connectivity index (χ2n) is 3.92. The first-order valence-corrected chi connectivity index (χ1v) is 5.02. The minimum Gasteiger partial charge on any atom is -0.508 e. The van der Waals surface area contributed by atoms with Crippen LogP contribution in [0.3, 0.4) is 0 Å². The van der Waals surface area contributed by atoms with Crippen LogP contribution in [0.25, 0.3) is 0 Å². The summed E-state index contributed by atoms with van der Waals surface area (Å²) in [6, 6.07) is 3.49. The number of aromatic hydroxyl groups is 1. The van der Waals surface area contributed by atoms with Gasteiger partial charge in [-0.1, -0.05) is 6.07 Å². The Labute approximate surface area is 96.7 Å². The van der Waals surface area contributed by atoms with Crippen LogP contribution in [0.15, 0.2) is 18.2 Å². The number of amides is 1. The van der Waals surface area contributed by atoms with Gasteiger partial charge in [-0.15, -0.1) is 0 Å². The Bertz CT molecular complexity index is 485. The molecule has 1 aliphatic heterocycles. The van der Waals surface area contributed by atoms with E-state index in [1.165, 1.54) is 12.1 Å². The summed E-state index contributed by atoms with van der Waals surface area (Å²) in [5, 5.41) is 27.2. The van der Waals surface area contributed by atoms with Crippen LogP contribution in [-0.4, -0.2) is 38.3 Å². The minimum atomic E-state index is -1.27. The van der Waals surface area contributed by atoms with Crippen LogP contribution in [0.1, 0.15) is 11.1 Å². The van der Waals surface area contributed by atoms with Crippen molar-refractivity contribution in [1.29, 1.82) is 0 Å². The lowest BCUT2D eigenvalue weighted by atomic mass is 9.94. The summed E-state index contributed by atoms with van der Waals surface area (Å²) in [6.07, 6.45) is -1.15. The van der Waals surface area contributed by atoms with Crippen LogP contribution in [-0.2, 0) is 17.8 Å². The van der Waals surface area contributed by atoms with Gasteiger partial charge in [-0.05, 0) is 23.3 Å². The molecule has 0 bridgehead atoms. The first kappa shape index (κ1) is 11.3. The van der Waals surface area contributed by atoms with Gasteiger partial charge in [0.1, 0.15) is 11.8 Å². The van der Waals surface area contributed by atoms with Crippen LogP contribution in [0.4, 0.5) is 4.79 Å². The molecule has 0 aliphatic carbocycles. The molecular formula is C11H11NO5. The van der Waals surface area contributed by atoms with E-state index in [1.54, 1.807) is 6.07 Å². The molecule has 1 atom stereocenters. The first-order valence-electron chi connectivity index (χ1n) is 5.02. The fraction of sp³-hybridized carbons (Fsp3) is 0.273. The maximum absolute atomic E-state index is 11.0. The predicted octanol–water partition coefficient (Wildman–Crippen LogP) is 0.881.